The van der Waals surface area contributed by atoms with Gasteiger partial charge >= 0.3 is 0 Å². The number of aromatic nitrogens is 1. The first-order chi connectivity index (χ1) is 19.0. The van der Waals surface area contributed by atoms with Crippen LogP contribution in [0, 0.1) is 0 Å². The molecule has 40 heavy (non-hydrogen) atoms. The van der Waals surface area contributed by atoms with Gasteiger partial charge in [0.25, 0.3) is 0 Å². The number of nitrogens with zero attached hydrogens (tertiary/aromatic N) is 2. The highest BCUT2D eigenvalue weighted by Crippen LogP contribution is 2.31. The van der Waals surface area contributed by atoms with Crippen LogP contribution in [-0.2, 0) is 0 Å². The number of benzene rings is 2. The summed E-state index contributed by atoms with van der Waals surface area (Å²) in [5.74, 6) is 0.808. The Morgan fingerprint density at radius 2 is 1.38 bits per heavy atom. The van der Waals surface area contributed by atoms with Gasteiger partial charge < -0.3 is 14.7 Å². The molecule has 2 aromatic carbocycles. The van der Waals surface area contributed by atoms with E-state index in [1.807, 2.05) is 42.5 Å². The lowest BCUT2D eigenvalue weighted by Gasteiger charge is -2.26. The molecule has 222 valence electrons. The second-order valence-electron chi connectivity index (χ2n) is 10.8. The van der Waals surface area contributed by atoms with Gasteiger partial charge in [0.1, 0.15) is 5.75 Å². The molecule has 4 nitrogen and oxygen atoms in total. The molecule has 0 saturated heterocycles. The van der Waals surface area contributed by atoms with Crippen molar-refractivity contribution in [2.45, 2.75) is 97.0 Å². The lowest BCUT2D eigenvalue weighted by atomic mass is 9.99. The van der Waals surface area contributed by atoms with E-state index in [0.29, 0.717) is 11.6 Å². The third kappa shape index (κ3) is 11.2. The molecular weight excluding hydrogens is 539 g/mol. The predicted molar refractivity (Wildman–Crippen MR) is 174 cm³/mol. The van der Waals surface area contributed by atoms with E-state index in [1.165, 1.54) is 77.0 Å². The van der Waals surface area contributed by atoms with Gasteiger partial charge in [-0.1, -0.05) is 95.7 Å². The lowest BCUT2D eigenvalue weighted by Crippen LogP contribution is -2.31. The van der Waals surface area contributed by atoms with Crippen LogP contribution in [0.5, 0.6) is 5.75 Å². The lowest BCUT2D eigenvalue weighted by molar-refractivity contribution is 0.111. The van der Waals surface area contributed by atoms with Crippen molar-refractivity contribution in [3.05, 3.63) is 59.1 Å². The minimum atomic E-state index is -0.603. The summed E-state index contributed by atoms with van der Waals surface area (Å²) in [6.07, 6.45) is 14.8. The zero-order chi connectivity index (χ0) is 27.9. The van der Waals surface area contributed by atoms with Gasteiger partial charge in [0.05, 0.1) is 24.4 Å². The number of halogens is 2. The molecule has 3 rings (SSSR count). The van der Waals surface area contributed by atoms with E-state index in [0.717, 1.165) is 46.6 Å². The first kappa shape index (κ1) is 34.4. The largest absolute Gasteiger partial charge is 0.497 e. The Hall–Kier alpha value is -1.85. The quantitative estimate of drug-likeness (QED) is 0.141. The number of ether oxygens (including phenoxy) is 1. The summed E-state index contributed by atoms with van der Waals surface area (Å²) < 4.78 is 5.33. The molecule has 6 heteroatoms. The molecule has 1 heterocycles. The molecule has 0 aliphatic rings. The van der Waals surface area contributed by atoms with Crippen molar-refractivity contribution in [3.8, 4) is 17.0 Å². The maximum absolute atomic E-state index is 11.6. The number of hydrogen-bond donors (Lipinski definition) is 1. The Balaban J connectivity index is 0.00000560. The fourth-order valence-electron chi connectivity index (χ4n) is 5.28. The van der Waals surface area contributed by atoms with E-state index in [-0.39, 0.29) is 12.4 Å². The zero-order valence-corrected chi connectivity index (χ0v) is 26.4. The fraction of sp³-hybridized carbons (Fsp3) is 0.559. The van der Waals surface area contributed by atoms with Gasteiger partial charge in [-0.2, -0.15) is 0 Å². The number of unbranched alkanes of at least 4 members (excludes halogenated alkanes) is 10. The van der Waals surface area contributed by atoms with Crippen molar-refractivity contribution >= 4 is 34.9 Å². The van der Waals surface area contributed by atoms with Crippen LogP contribution in [0.15, 0.2) is 48.5 Å². The SMILES string of the molecule is CCCCCCCCN(CCCCCCCC)CC(O)c1cc(-c2ccc(OC)cc2)nc2cc(Cl)ccc12.Cl. The van der Waals surface area contributed by atoms with E-state index in [4.69, 9.17) is 21.3 Å². The average Bonchev–Trinajstić information content (AvgIpc) is 2.95. The van der Waals surface area contributed by atoms with E-state index in [9.17, 15) is 5.11 Å². The monoisotopic (exact) mass is 588 g/mol. The van der Waals surface area contributed by atoms with Crippen LogP contribution in [0.3, 0.4) is 0 Å². The summed E-state index contributed by atoms with van der Waals surface area (Å²) >= 11 is 6.35. The summed E-state index contributed by atoms with van der Waals surface area (Å²) in [6.45, 7) is 7.24. The smallest absolute Gasteiger partial charge is 0.118 e. The van der Waals surface area contributed by atoms with E-state index in [2.05, 4.69) is 24.8 Å². The standard InChI is InChI=1S/C34H49ClN2O2.ClH/c1-4-6-8-10-12-14-22-37(23-15-13-11-9-7-5-2)26-34(38)31-25-32(27-16-19-29(39-3)20-17-27)36-33-24-28(35)18-21-30(31)33;/h16-21,24-25,34,38H,4-15,22-23,26H2,1-3H3;1H. The van der Waals surface area contributed by atoms with Crippen molar-refractivity contribution in [2.75, 3.05) is 26.7 Å². The van der Waals surface area contributed by atoms with Crippen molar-refractivity contribution in [3.63, 3.8) is 0 Å². The second-order valence-corrected chi connectivity index (χ2v) is 11.3. The average molecular weight is 590 g/mol. The topological polar surface area (TPSA) is 45.6 Å². The van der Waals surface area contributed by atoms with Crippen molar-refractivity contribution in [2.24, 2.45) is 0 Å². The highest BCUT2D eigenvalue weighted by Gasteiger charge is 2.18. The van der Waals surface area contributed by atoms with Crippen molar-refractivity contribution < 1.29 is 9.84 Å². The molecule has 1 aromatic heterocycles. The molecule has 0 spiro atoms. The minimum absolute atomic E-state index is 0. The van der Waals surface area contributed by atoms with E-state index >= 15 is 0 Å². The van der Waals surface area contributed by atoms with Crippen LogP contribution >= 0.6 is 24.0 Å². The van der Waals surface area contributed by atoms with Gasteiger partial charge in [0.15, 0.2) is 0 Å². The van der Waals surface area contributed by atoms with Crippen molar-refractivity contribution in [1.82, 2.24) is 9.88 Å². The van der Waals surface area contributed by atoms with Crippen molar-refractivity contribution in [1.29, 1.82) is 0 Å². The van der Waals surface area contributed by atoms with Gasteiger partial charge in [-0.3, -0.25) is 0 Å². The van der Waals surface area contributed by atoms with Gasteiger partial charge in [-0.25, -0.2) is 4.98 Å². The number of rotatable bonds is 19. The van der Waals surface area contributed by atoms with Crippen LogP contribution < -0.4 is 4.74 Å². The fourth-order valence-corrected chi connectivity index (χ4v) is 5.45. The van der Waals surface area contributed by atoms with Gasteiger partial charge in [-0.15, -0.1) is 12.4 Å². The molecule has 0 fully saturated rings. The molecule has 0 radical (unpaired) electrons. The number of aliphatic hydroxyl groups excluding tert-OH is 1. The molecule has 0 aliphatic carbocycles. The Kier molecular flexibility index (Phi) is 16.6. The third-order valence-electron chi connectivity index (χ3n) is 7.64. The van der Waals surface area contributed by atoms with Gasteiger partial charge in [0.2, 0.25) is 0 Å². The molecule has 0 amide bonds. The Morgan fingerprint density at radius 3 is 1.95 bits per heavy atom. The van der Waals surface area contributed by atoms with E-state index in [1.54, 1.807) is 7.11 Å². The third-order valence-corrected chi connectivity index (χ3v) is 7.87. The highest BCUT2D eigenvalue weighted by molar-refractivity contribution is 6.31. The van der Waals surface area contributed by atoms with Crippen LogP contribution in [0.4, 0.5) is 0 Å². The molecule has 3 aromatic rings. The molecule has 1 unspecified atom stereocenters. The number of pyridine rings is 1. The Morgan fingerprint density at radius 1 is 0.800 bits per heavy atom. The Labute approximate surface area is 253 Å². The predicted octanol–water partition coefficient (Wildman–Crippen LogP) is 10.0. The first-order valence-corrected chi connectivity index (χ1v) is 15.6. The van der Waals surface area contributed by atoms with Gasteiger partial charge in [0, 0.05) is 22.5 Å². The molecular formula is C34H50Cl2N2O2. The molecule has 0 bridgehead atoms. The summed E-state index contributed by atoms with van der Waals surface area (Å²) in [4.78, 5) is 7.39. The summed E-state index contributed by atoms with van der Waals surface area (Å²) in [7, 11) is 1.67. The zero-order valence-electron chi connectivity index (χ0n) is 24.8. The van der Waals surface area contributed by atoms with E-state index < -0.39 is 6.10 Å². The maximum atomic E-state index is 11.6. The Bertz CT molecular complexity index is 1090. The maximum Gasteiger partial charge on any atom is 0.118 e. The van der Waals surface area contributed by atoms with Crippen LogP contribution in [0.2, 0.25) is 5.02 Å². The highest BCUT2D eigenvalue weighted by atomic mass is 35.5. The molecule has 0 saturated carbocycles. The van der Waals surface area contributed by atoms with Gasteiger partial charge in [-0.05, 0) is 74.0 Å². The van der Waals surface area contributed by atoms with Crippen LogP contribution in [0.25, 0.3) is 22.2 Å². The molecule has 1 atom stereocenters. The number of fused-ring (bicyclic) bond motifs is 1. The molecule has 0 aliphatic heterocycles. The summed E-state index contributed by atoms with van der Waals surface area (Å²) in [6, 6.07) is 15.7. The van der Waals surface area contributed by atoms with Crippen LogP contribution in [-0.4, -0.2) is 41.7 Å². The number of methoxy groups -OCH3 is 1. The summed E-state index contributed by atoms with van der Waals surface area (Å²) in [5.41, 5.74) is 3.55. The number of hydrogen-bond acceptors (Lipinski definition) is 4. The normalized spacial score (nSPS) is 12.1. The van der Waals surface area contributed by atoms with Crippen LogP contribution in [0.1, 0.15) is 103 Å². The number of aliphatic hydroxyl groups is 1. The molecule has 1 N–H and O–H groups in total. The second kappa shape index (κ2) is 19.3. The minimum Gasteiger partial charge on any atom is -0.497 e. The first-order valence-electron chi connectivity index (χ1n) is 15.2. The summed E-state index contributed by atoms with van der Waals surface area (Å²) in [5, 5.41) is 13.2.